The molecule has 1 fully saturated rings. The van der Waals surface area contributed by atoms with Crippen LogP contribution in [0.3, 0.4) is 0 Å². The number of methoxy groups -OCH3 is 1. The minimum absolute atomic E-state index is 0.203. The first-order chi connectivity index (χ1) is 12.6. The largest absolute Gasteiger partial charge is 0.497 e. The number of halogens is 1. The molecule has 0 spiro atoms. The number of H-pyrrole nitrogens is 1. The predicted octanol–water partition coefficient (Wildman–Crippen LogP) is 2.18. The second-order valence-corrected chi connectivity index (χ2v) is 6.31. The zero-order chi connectivity index (χ0) is 18.5. The number of carbonyl (C=O) groups is 2. The van der Waals surface area contributed by atoms with Gasteiger partial charge in [-0.15, -0.1) is 0 Å². The second-order valence-electron chi connectivity index (χ2n) is 5.87. The van der Waals surface area contributed by atoms with Gasteiger partial charge in [-0.25, -0.2) is 4.79 Å². The Hall–Kier alpha value is -2.67. The van der Waals surface area contributed by atoms with Crippen molar-refractivity contribution in [2.75, 3.05) is 44.8 Å². The van der Waals surface area contributed by atoms with E-state index in [1.54, 1.807) is 12.0 Å². The van der Waals surface area contributed by atoms with E-state index in [0.717, 1.165) is 24.5 Å². The summed E-state index contributed by atoms with van der Waals surface area (Å²) in [4.78, 5) is 30.7. The summed E-state index contributed by atoms with van der Waals surface area (Å²) >= 11 is 5.74. The molecular weight excluding hydrogens is 358 g/mol. The van der Waals surface area contributed by atoms with Crippen LogP contribution >= 0.6 is 11.6 Å². The van der Waals surface area contributed by atoms with E-state index in [0.29, 0.717) is 18.1 Å². The van der Waals surface area contributed by atoms with Gasteiger partial charge in [-0.1, -0.05) is 11.6 Å². The highest BCUT2D eigenvalue weighted by Crippen LogP contribution is 2.20. The molecule has 0 saturated carbocycles. The van der Waals surface area contributed by atoms with Crippen molar-refractivity contribution in [3.8, 4) is 5.75 Å². The Labute approximate surface area is 156 Å². The summed E-state index contributed by atoms with van der Waals surface area (Å²) < 4.78 is 10.2. The Morgan fingerprint density at radius 1 is 1.15 bits per heavy atom. The quantitative estimate of drug-likeness (QED) is 0.808. The summed E-state index contributed by atoms with van der Waals surface area (Å²) in [5.74, 6) is 0.0141. The van der Waals surface area contributed by atoms with Crippen LogP contribution in [0.5, 0.6) is 5.75 Å². The standard InChI is InChI=1S/C18H20ClN3O4/c1-25-15-4-2-14(3-5-15)21-6-8-22(9-7-21)17(23)12-26-18(24)16-10-13(19)11-20-16/h2-5,10-11,20H,6-9,12H2,1H3. The van der Waals surface area contributed by atoms with Crippen molar-refractivity contribution in [1.29, 1.82) is 0 Å². The highest BCUT2D eigenvalue weighted by Gasteiger charge is 2.22. The SMILES string of the molecule is COc1ccc(N2CCN(C(=O)COC(=O)c3cc(Cl)c[nH]3)CC2)cc1. The fourth-order valence-corrected chi connectivity index (χ4v) is 2.95. The molecule has 0 bridgehead atoms. The van der Waals surface area contributed by atoms with Gasteiger partial charge in [-0.05, 0) is 30.3 Å². The molecule has 26 heavy (non-hydrogen) atoms. The molecule has 0 unspecified atom stereocenters. The monoisotopic (exact) mass is 377 g/mol. The number of ether oxygens (including phenoxy) is 2. The summed E-state index contributed by atoms with van der Waals surface area (Å²) in [5, 5.41) is 0.415. The first-order valence-corrected chi connectivity index (χ1v) is 8.62. The van der Waals surface area contributed by atoms with E-state index in [9.17, 15) is 9.59 Å². The van der Waals surface area contributed by atoms with Crippen molar-refractivity contribution in [2.45, 2.75) is 0 Å². The maximum atomic E-state index is 12.2. The van der Waals surface area contributed by atoms with Crippen LogP contribution in [0.4, 0.5) is 5.69 Å². The van der Waals surface area contributed by atoms with Gasteiger partial charge in [-0.3, -0.25) is 4.79 Å². The molecule has 0 atom stereocenters. The normalized spacial score (nSPS) is 14.2. The molecule has 1 aliphatic heterocycles. The lowest BCUT2D eigenvalue weighted by molar-refractivity contribution is -0.134. The number of anilines is 1. The molecule has 1 N–H and O–H groups in total. The summed E-state index contributed by atoms with van der Waals surface area (Å²) in [6, 6.07) is 9.29. The van der Waals surface area contributed by atoms with Crippen molar-refractivity contribution in [3.05, 3.63) is 47.2 Å². The topological polar surface area (TPSA) is 74.9 Å². The molecule has 3 rings (SSSR count). The third kappa shape index (κ3) is 4.29. The number of esters is 1. The molecule has 0 radical (unpaired) electrons. The van der Waals surface area contributed by atoms with E-state index in [1.165, 1.54) is 12.3 Å². The first kappa shape index (κ1) is 18.1. The number of carbonyl (C=O) groups excluding carboxylic acids is 2. The van der Waals surface area contributed by atoms with E-state index < -0.39 is 5.97 Å². The third-order valence-corrected chi connectivity index (χ3v) is 4.48. The molecule has 1 aromatic carbocycles. The molecule has 138 valence electrons. The first-order valence-electron chi connectivity index (χ1n) is 8.24. The number of rotatable bonds is 5. The lowest BCUT2D eigenvalue weighted by atomic mass is 10.2. The number of nitrogens with one attached hydrogen (secondary N) is 1. The molecule has 1 amide bonds. The van der Waals surface area contributed by atoms with Crippen LogP contribution in [0.1, 0.15) is 10.5 Å². The molecule has 7 nitrogen and oxygen atoms in total. The lowest BCUT2D eigenvalue weighted by Crippen LogP contribution is -2.49. The van der Waals surface area contributed by atoms with Gasteiger partial charge >= 0.3 is 5.97 Å². The Balaban J connectivity index is 1.46. The van der Waals surface area contributed by atoms with Gasteiger partial charge in [-0.2, -0.15) is 0 Å². The summed E-state index contributed by atoms with van der Waals surface area (Å²) in [7, 11) is 1.64. The maximum Gasteiger partial charge on any atom is 0.355 e. The zero-order valence-electron chi connectivity index (χ0n) is 14.4. The fraction of sp³-hybridized carbons (Fsp3) is 0.333. The number of aromatic nitrogens is 1. The Morgan fingerprint density at radius 2 is 1.85 bits per heavy atom. The molecule has 1 aliphatic rings. The van der Waals surface area contributed by atoms with Crippen molar-refractivity contribution < 1.29 is 19.1 Å². The molecule has 2 heterocycles. The number of benzene rings is 1. The van der Waals surface area contributed by atoms with E-state index in [1.807, 2.05) is 24.3 Å². The number of piperazine rings is 1. The highest BCUT2D eigenvalue weighted by molar-refractivity contribution is 6.30. The second kappa shape index (κ2) is 8.14. The van der Waals surface area contributed by atoms with Crippen LogP contribution in [-0.2, 0) is 9.53 Å². The number of nitrogens with zero attached hydrogens (tertiary/aromatic N) is 2. The highest BCUT2D eigenvalue weighted by atomic mass is 35.5. The zero-order valence-corrected chi connectivity index (χ0v) is 15.2. The molecule has 0 aliphatic carbocycles. The van der Waals surface area contributed by atoms with Crippen molar-refractivity contribution in [3.63, 3.8) is 0 Å². The minimum atomic E-state index is -0.595. The molecular formula is C18H20ClN3O4. The van der Waals surface area contributed by atoms with Crippen LogP contribution in [0.2, 0.25) is 5.02 Å². The van der Waals surface area contributed by atoms with Crippen molar-refractivity contribution in [1.82, 2.24) is 9.88 Å². The predicted molar refractivity (Wildman–Crippen MR) is 97.9 cm³/mol. The van der Waals surface area contributed by atoms with Gasteiger partial charge in [0.05, 0.1) is 12.1 Å². The van der Waals surface area contributed by atoms with E-state index in [4.69, 9.17) is 21.1 Å². The number of aromatic amines is 1. The molecule has 1 aromatic heterocycles. The fourth-order valence-electron chi connectivity index (χ4n) is 2.79. The van der Waals surface area contributed by atoms with E-state index >= 15 is 0 Å². The van der Waals surface area contributed by atoms with Gasteiger partial charge < -0.3 is 24.3 Å². The summed E-state index contributed by atoms with van der Waals surface area (Å²) in [5.41, 5.74) is 1.32. The van der Waals surface area contributed by atoms with Crippen LogP contribution in [0, 0.1) is 0 Å². The van der Waals surface area contributed by atoms with Crippen molar-refractivity contribution >= 4 is 29.2 Å². The number of hydrogen-bond donors (Lipinski definition) is 1. The average Bonchev–Trinajstić information content (AvgIpc) is 3.12. The summed E-state index contributed by atoms with van der Waals surface area (Å²) in [6.07, 6.45) is 1.48. The molecule has 2 aromatic rings. The van der Waals surface area contributed by atoms with Gasteiger partial charge in [0.1, 0.15) is 11.4 Å². The Morgan fingerprint density at radius 3 is 2.42 bits per heavy atom. The van der Waals surface area contributed by atoms with E-state index in [-0.39, 0.29) is 18.2 Å². The Kier molecular flexibility index (Phi) is 5.68. The van der Waals surface area contributed by atoms with Crippen LogP contribution in [-0.4, -0.2) is 61.7 Å². The van der Waals surface area contributed by atoms with Gasteiger partial charge in [0.25, 0.3) is 5.91 Å². The van der Waals surface area contributed by atoms with Crippen LogP contribution in [0.25, 0.3) is 0 Å². The van der Waals surface area contributed by atoms with Gasteiger partial charge in [0.2, 0.25) is 0 Å². The van der Waals surface area contributed by atoms with Gasteiger partial charge in [0, 0.05) is 38.1 Å². The van der Waals surface area contributed by atoms with Crippen molar-refractivity contribution in [2.24, 2.45) is 0 Å². The van der Waals surface area contributed by atoms with Gasteiger partial charge in [0.15, 0.2) is 6.61 Å². The third-order valence-electron chi connectivity index (χ3n) is 4.26. The average molecular weight is 378 g/mol. The number of hydrogen-bond acceptors (Lipinski definition) is 5. The number of amides is 1. The lowest BCUT2D eigenvalue weighted by Gasteiger charge is -2.36. The van der Waals surface area contributed by atoms with Crippen LogP contribution in [0.15, 0.2) is 36.5 Å². The Bertz CT molecular complexity index is 767. The smallest absolute Gasteiger partial charge is 0.355 e. The van der Waals surface area contributed by atoms with Crippen LogP contribution < -0.4 is 9.64 Å². The summed E-state index contributed by atoms with van der Waals surface area (Å²) in [6.45, 7) is 2.32. The molecule has 8 heteroatoms. The van der Waals surface area contributed by atoms with E-state index in [2.05, 4.69) is 9.88 Å². The molecule has 1 saturated heterocycles. The minimum Gasteiger partial charge on any atom is -0.497 e. The maximum absolute atomic E-state index is 12.2.